The zero-order valence-electron chi connectivity index (χ0n) is 10.4. The summed E-state index contributed by atoms with van der Waals surface area (Å²) in [6.45, 7) is 2.72. The quantitative estimate of drug-likeness (QED) is 0.828. The molecule has 0 spiro atoms. The third kappa shape index (κ3) is 3.43. The van der Waals surface area contributed by atoms with Gasteiger partial charge in [0.05, 0.1) is 12.7 Å². The van der Waals surface area contributed by atoms with Crippen molar-refractivity contribution in [1.29, 1.82) is 0 Å². The van der Waals surface area contributed by atoms with Gasteiger partial charge >= 0.3 is 0 Å². The highest BCUT2D eigenvalue weighted by Gasteiger charge is 2.24. The average molecular weight is 360 g/mol. The van der Waals surface area contributed by atoms with E-state index in [4.69, 9.17) is 4.74 Å². The molecule has 2 rings (SSSR count). The molecule has 98 valence electrons. The number of likely N-dealkylation sites (N-methyl/N-ethyl adjacent to an activating group) is 1. The van der Waals surface area contributed by atoms with Crippen molar-refractivity contribution < 1.29 is 9.53 Å². The summed E-state index contributed by atoms with van der Waals surface area (Å²) in [5, 5.41) is 3.08. The second-order valence-electron chi connectivity index (χ2n) is 4.31. The number of carbonyl (C=O) groups is 1. The number of nitrogens with one attached hydrogen (secondary N) is 1. The lowest BCUT2D eigenvalue weighted by Crippen LogP contribution is -2.48. The molecule has 1 aromatic carbocycles. The minimum absolute atomic E-state index is 0.0930. The fraction of sp³-hybridized carbons (Fsp3) is 0.462. The Kier molecular flexibility index (Phi) is 4.96. The predicted molar refractivity (Wildman–Crippen MR) is 78.7 cm³/mol. The molecule has 0 bridgehead atoms. The van der Waals surface area contributed by atoms with Crippen molar-refractivity contribution in [1.82, 2.24) is 10.2 Å². The van der Waals surface area contributed by atoms with Crippen LogP contribution in [0.25, 0.3) is 0 Å². The normalized spacial score (nSPS) is 19.9. The Bertz CT molecular complexity index is 423. The van der Waals surface area contributed by atoms with E-state index in [-0.39, 0.29) is 12.0 Å². The Hall–Kier alpha value is -0.660. The summed E-state index contributed by atoms with van der Waals surface area (Å²) in [6, 6.07) is 7.69. The Labute approximate surface area is 121 Å². The van der Waals surface area contributed by atoms with E-state index >= 15 is 0 Å². The van der Waals surface area contributed by atoms with Gasteiger partial charge in [-0.3, -0.25) is 4.79 Å². The maximum atomic E-state index is 12.3. The molecule has 1 unspecified atom stereocenters. The minimum Gasteiger partial charge on any atom is -0.373 e. The van der Waals surface area contributed by atoms with E-state index < -0.39 is 0 Å². The lowest BCUT2D eigenvalue weighted by atomic mass is 10.1. The zero-order chi connectivity index (χ0) is 13.0. The van der Waals surface area contributed by atoms with Gasteiger partial charge in [0.25, 0.3) is 5.91 Å². The Balaban J connectivity index is 2.04. The van der Waals surface area contributed by atoms with Crippen LogP contribution in [0, 0.1) is 3.57 Å². The smallest absolute Gasteiger partial charge is 0.254 e. The monoisotopic (exact) mass is 360 g/mol. The van der Waals surface area contributed by atoms with Crippen LogP contribution in [0.3, 0.4) is 0 Å². The van der Waals surface area contributed by atoms with Crippen LogP contribution in [0.5, 0.6) is 0 Å². The number of nitrogens with zero attached hydrogens (tertiary/aromatic N) is 1. The molecular weight excluding hydrogens is 343 g/mol. The van der Waals surface area contributed by atoms with Crippen LogP contribution in [0.4, 0.5) is 0 Å². The second-order valence-corrected chi connectivity index (χ2v) is 5.56. The molecule has 1 aliphatic rings. The molecule has 0 aliphatic carbocycles. The third-order valence-corrected chi connectivity index (χ3v) is 3.60. The van der Waals surface area contributed by atoms with Gasteiger partial charge in [-0.25, -0.2) is 0 Å². The number of ether oxygens (including phenoxy) is 1. The van der Waals surface area contributed by atoms with Crippen LogP contribution in [0.2, 0.25) is 0 Å². The third-order valence-electron chi connectivity index (χ3n) is 2.93. The maximum Gasteiger partial charge on any atom is 0.254 e. The van der Waals surface area contributed by atoms with E-state index in [1.54, 1.807) is 0 Å². The fourth-order valence-electron chi connectivity index (χ4n) is 2.06. The summed E-state index contributed by atoms with van der Waals surface area (Å²) in [5.74, 6) is 0.0953. The van der Waals surface area contributed by atoms with Gasteiger partial charge in [0.15, 0.2) is 0 Å². The number of hydrogen-bond donors (Lipinski definition) is 1. The second kappa shape index (κ2) is 6.49. The molecule has 0 saturated carbocycles. The zero-order valence-corrected chi connectivity index (χ0v) is 12.5. The SMILES string of the molecule is CNCC1CN(C(=O)c2cccc(I)c2)CCO1. The maximum absolute atomic E-state index is 12.3. The Morgan fingerprint density at radius 3 is 3.17 bits per heavy atom. The first-order chi connectivity index (χ1) is 8.70. The number of amides is 1. The number of rotatable bonds is 3. The van der Waals surface area contributed by atoms with Crippen molar-refractivity contribution >= 4 is 28.5 Å². The van der Waals surface area contributed by atoms with Crippen molar-refractivity contribution in [2.45, 2.75) is 6.10 Å². The van der Waals surface area contributed by atoms with E-state index in [9.17, 15) is 4.79 Å². The Morgan fingerprint density at radius 1 is 1.61 bits per heavy atom. The molecule has 1 N–H and O–H groups in total. The van der Waals surface area contributed by atoms with Gasteiger partial charge in [-0.05, 0) is 47.8 Å². The molecule has 1 aliphatic heterocycles. The molecule has 1 saturated heterocycles. The molecule has 1 amide bonds. The highest BCUT2D eigenvalue weighted by molar-refractivity contribution is 14.1. The number of morpholine rings is 1. The van der Waals surface area contributed by atoms with E-state index in [1.807, 2.05) is 36.2 Å². The molecule has 1 aromatic rings. The van der Waals surface area contributed by atoms with Gasteiger partial charge in [0.2, 0.25) is 0 Å². The summed E-state index contributed by atoms with van der Waals surface area (Å²) >= 11 is 2.22. The lowest BCUT2D eigenvalue weighted by Gasteiger charge is -2.33. The van der Waals surface area contributed by atoms with E-state index in [0.717, 1.165) is 15.7 Å². The van der Waals surface area contributed by atoms with Crippen LogP contribution in [-0.2, 0) is 4.74 Å². The van der Waals surface area contributed by atoms with Gasteiger partial charge in [0.1, 0.15) is 0 Å². The molecule has 0 aromatic heterocycles. The van der Waals surface area contributed by atoms with Crippen molar-refractivity contribution in [2.75, 3.05) is 33.3 Å². The van der Waals surface area contributed by atoms with Gasteiger partial charge in [0, 0.05) is 28.8 Å². The summed E-state index contributed by atoms with van der Waals surface area (Å²) in [7, 11) is 1.89. The van der Waals surface area contributed by atoms with E-state index in [1.165, 1.54) is 0 Å². The number of halogens is 1. The molecule has 1 heterocycles. The van der Waals surface area contributed by atoms with Gasteiger partial charge in [-0.15, -0.1) is 0 Å². The Morgan fingerprint density at radius 2 is 2.44 bits per heavy atom. The van der Waals surface area contributed by atoms with Crippen molar-refractivity contribution in [2.24, 2.45) is 0 Å². The molecule has 1 fully saturated rings. The number of benzene rings is 1. The van der Waals surface area contributed by atoms with Gasteiger partial charge in [-0.1, -0.05) is 6.07 Å². The largest absolute Gasteiger partial charge is 0.373 e. The highest BCUT2D eigenvalue weighted by Crippen LogP contribution is 2.13. The van der Waals surface area contributed by atoms with Crippen LogP contribution in [0.15, 0.2) is 24.3 Å². The molecule has 5 heteroatoms. The van der Waals surface area contributed by atoms with E-state index in [0.29, 0.717) is 19.7 Å². The summed E-state index contributed by atoms with van der Waals surface area (Å²) in [5.41, 5.74) is 0.756. The van der Waals surface area contributed by atoms with Crippen molar-refractivity contribution in [3.63, 3.8) is 0 Å². The van der Waals surface area contributed by atoms with Crippen LogP contribution in [-0.4, -0.2) is 50.2 Å². The lowest BCUT2D eigenvalue weighted by molar-refractivity contribution is -0.0196. The first-order valence-corrected chi connectivity index (χ1v) is 7.09. The molecule has 0 radical (unpaired) electrons. The highest BCUT2D eigenvalue weighted by atomic mass is 127. The first-order valence-electron chi connectivity index (χ1n) is 6.01. The van der Waals surface area contributed by atoms with Crippen molar-refractivity contribution in [3.05, 3.63) is 33.4 Å². The topological polar surface area (TPSA) is 41.6 Å². The van der Waals surface area contributed by atoms with Gasteiger partial charge in [-0.2, -0.15) is 0 Å². The summed E-state index contributed by atoms with van der Waals surface area (Å²) in [4.78, 5) is 14.2. The van der Waals surface area contributed by atoms with Crippen LogP contribution < -0.4 is 5.32 Å². The van der Waals surface area contributed by atoms with Gasteiger partial charge < -0.3 is 15.0 Å². The number of carbonyl (C=O) groups excluding carboxylic acids is 1. The molecule has 18 heavy (non-hydrogen) atoms. The molecular formula is C13H17IN2O2. The number of hydrogen-bond acceptors (Lipinski definition) is 3. The van der Waals surface area contributed by atoms with Crippen LogP contribution >= 0.6 is 22.6 Å². The standard InChI is InChI=1S/C13H17IN2O2/c1-15-8-12-9-16(5-6-18-12)13(17)10-3-2-4-11(14)7-10/h2-4,7,12,15H,5-6,8-9H2,1H3. The first kappa shape index (κ1) is 13.8. The molecule has 4 nitrogen and oxygen atoms in total. The fourth-order valence-corrected chi connectivity index (χ4v) is 2.60. The summed E-state index contributed by atoms with van der Waals surface area (Å²) in [6.07, 6.45) is 0.0930. The summed E-state index contributed by atoms with van der Waals surface area (Å²) < 4.78 is 6.68. The predicted octanol–water partition coefficient (Wildman–Crippen LogP) is 1.35. The van der Waals surface area contributed by atoms with Crippen LogP contribution in [0.1, 0.15) is 10.4 Å². The minimum atomic E-state index is 0.0930. The average Bonchev–Trinajstić information content (AvgIpc) is 2.39. The molecule has 1 atom stereocenters. The van der Waals surface area contributed by atoms with E-state index in [2.05, 4.69) is 27.9 Å². The van der Waals surface area contributed by atoms with Crippen molar-refractivity contribution in [3.8, 4) is 0 Å².